The van der Waals surface area contributed by atoms with Crippen molar-refractivity contribution in [3.05, 3.63) is 176 Å². The number of fused-ring (bicyclic) bond motifs is 18. The van der Waals surface area contributed by atoms with E-state index in [0.717, 1.165) is 50.6 Å². The summed E-state index contributed by atoms with van der Waals surface area (Å²) >= 11 is 3.71. The molecule has 61 heavy (non-hydrogen) atoms. The molecule has 282 valence electrons. The summed E-state index contributed by atoms with van der Waals surface area (Å²) in [5.74, 6) is 1.63. The summed E-state index contributed by atoms with van der Waals surface area (Å²) in [6, 6.07) is 64.3. The smallest absolute Gasteiger partial charge is 0.521 e. The van der Waals surface area contributed by atoms with E-state index in [-0.39, 0.29) is 0 Å². The van der Waals surface area contributed by atoms with Gasteiger partial charge in [0.2, 0.25) is 0 Å². The molecule has 0 N–H and O–H groups in total. The van der Waals surface area contributed by atoms with Crippen molar-refractivity contribution in [2.45, 2.75) is 0 Å². The Labute approximate surface area is 356 Å². The minimum atomic E-state index is -0.604. The normalized spacial score (nSPS) is 13.1. The quantitative estimate of drug-likeness (QED) is 0.163. The zero-order valence-electron chi connectivity index (χ0n) is 32.3. The lowest BCUT2D eigenvalue weighted by Crippen LogP contribution is -2.49. The van der Waals surface area contributed by atoms with Crippen molar-refractivity contribution in [3.8, 4) is 45.1 Å². The number of thiophene rings is 2. The van der Waals surface area contributed by atoms with E-state index < -0.39 is 7.12 Å². The zero-order valence-corrected chi connectivity index (χ0v) is 34.0. The van der Waals surface area contributed by atoms with Crippen LogP contribution in [-0.4, -0.2) is 16.3 Å². The number of hydrogen-bond acceptors (Lipinski definition) is 4. The second-order valence-corrected chi connectivity index (χ2v) is 18.4. The van der Waals surface area contributed by atoms with Crippen LogP contribution in [0.15, 0.2) is 176 Å². The molecular formula is C54H29BN2O2S2. The molecule has 0 bridgehead atoms. The first-order valence-corrected chi connectivity index (χ1v) is 22.3. The Morgan fingerprint density at radius 2 is 0.820 bits per heavy atom. The van der Waals surface area contributed by atoms with E-state index in [9.17, 15) is 0 Å². The SMILES string of the molecule is c1cc2c3c(c1)-c1ccc(-n4c5ccccc5c5ccc6sc7ccccc7c6c54)cc1OB3Oc1cc(-n3c4ccccc4c4ccc5sc6ccccc6c5c43)ccc1-2. The monoisotopic (exact) mass is 812 g/mol. The van der Waals surface area contributed by atoms with E-state index in [1.165, 1.54) is 84.0 Å². The first-order chi connectivity index (χ1) is 30.2. The Hall–Kier alpha value is -7.32. The molecule has 0 spiro atoms. The van der Waals surface area contributed by atoms with Crippen LogP contribution < -0.4 is 14.8 Å². The van der Waals surface area contributed by atoms with E-state index in [0.29, 0.717) is 0 Å². The number of hydrogen-bond donors (Lipinski definition) is 0. The summed E-state index contributed by atoms with van der Waals surface area (Å²) in [6.07, 6.45) is 0. The highest BCUT2D eigenvalue weighted by molar-refractivity contribution is 7.26. The van der Waals surface area contributed by atoms with Crippen LogP contribution in [-0.2, 0) is 0 Å². The predicted molar refractivity (Wildman–Crippen MR) is 258 cm³/mol. The van der Waals surface area contributed by atoms with Gasteiger partial charge in [0.1, 0.15) is 11.5 Å². The highest BCUT2D eigenvalue weighted by Gasteiger charge is 2.42. The minimum Gasteiger partial charge on any atom is -0.521 e. The molecule has 4 nitrogen and oxygen atoms in total. The molecule has 9 aromatic carbocycles. The largest absolute Gasteiger partial charge is 0.633 e. The average molecular weight is 813 g/mol. The molecule has 15 rings (SSSR count). The van der Waals surface area contributed by atoms with E-state index in [4.69, 9.17) is 9.31 Å². The van der Waals surface area contributed by atoms with Gasteiger partial charge < -0.3 is 18.4 Å². The van der Waals surface area contributed by atoms with Gasteiger partial charge in [-0.05, 0) is 71.8 Å². The summed E-state index contributed by atoms with van der Waals surface area (Å²) in [5, 5.41) is 10.1. The molecule has 0 saturated heterocycles. The molecule has 0 fully saturated rings. The summed E-state index contributed by atoms with van der Waals surface area (Å²) in [5.41, 5.74) is 12.4. The van der Waals surface area contributed by atoms with E-state index >= 15 is 0 Å². The van der Waals surface area contributed by atoms with Gasteiger partial charge in [-0.2, -0.15) is 0 Å². The lowest BCUT2D eigenvalue weighted by atomic mass is 9.66. The molecule has 4 aromatic heterocycles. The standard InChI is InChI=1S/C54H29BN2O2S2/c1-5-16-42-32(10-1)38-24-26-48-50(40-12-3-7-18-46(40)60-48)53(38)56(42)30-20-22-34-36-14-9-15-37-35-23-21-31(29-45(35)59-55(52(36)37)58-44(34)28-30)57-43-17-6-2-11-33(43)39-25-27-49-51(54(39)57)41-13-4-8-19-47(41)61-49/h1-29H. The molecule has 0 aliphatic carbocycles. The lowest BCUT2D eigenvalue weighted by Gasteiger charge is -2.32. The van der Waals surface area contributed by atoms with Crippen molar-refractivity contribution in [3.63, 3.8) is 0 Å². The Kier molecular flexibility index (Phi) is 6.24. The molecule has 0 saturated carbocycles. The second kappa shape index (κ2) is 11.7. The molecule has 0 unspecified atom stereocenters. The third kappa shape index (κ3) is 4.24. The molecule has 6 heterocycles. The van der Waals surface area contributed by atoms with Crippen molar-refractivity contribution in [1.82, 2.24) is 9.13 Å². The van der Waals surface area contributed by atoms with Crippen molar-refractivity contribution < 1.29 is 9.31 Å². The Morgan fingerprint density at radius 1 is 0.361 bits per heavy atom. The fourth-order valence-electron chi connectivity index (χ4n) is 10.7. The van der Waals surface area contributed by atoms with E-state index in [1.807, 2.05) is 22.7 Å². The fraction of sp³-hybridized carbons (Fsp3) is 0. The lowest BCUT2D eigenvalue weighted by molar-refractivity contribution is 0.436. The van der Waals surface area contributed by atoms with Crippen LogP contribution in [0.2, 0.25) is 0 Å². The number of para-hydroxylation sites is 2. The van der Waals surface area contributed by atoms with Crippen molar-refractivity contribution in [1.29, 1.82) is 0 Å². The fourth-order valence-corrected chi connectivity index (χ4v) is 12.9. The van der Waals surface area contributed by atoms with Gasteiger partial charge in [-0.25, -0.2) is 0 Å². The van der Waals surface area contributed by atoms with Gasteiger partial charge in [0.15, 0.2) is 0 Å². The van der Waals surface area contributed by atoms with Gasteiger partial charge in [0.05, 0.1) is 22.1 Å². The van der Waals surface area contributed by atoms with Gasteiger partial charge in [-0.15, -0.1) is 22.7 Å². The van der Waals surface area contributed by atoms with E-state index in [2.05, 4.69) is 185 Å². The van der Waals surface area contributed by atoms with Gasteiger partial charge in [0.25, 0.3) is 0 Å². The van der Waals surface area contributed by atoms with Gasteiger partial charge in [-0.3, -0.25) is 0 Å². The number of rotatable bonds is 2. The van der Waals surface area contributed by atoms with Crippen molar-refractivity contribution >= 4 is 119 Å². The second-order valence-electron chi connectivity index (χ2n) is 16.3. The van der Waals surface area contributed by atoms with Crippen molar-refractivity contribution in [2.24, 2.45) is 0 Å². The van der Waals surface area contributed by atoms with Crippen molar-refractivity contribution in [2.75, 3.05) is 0 Å². The van der Waals surface area contributed by atoms with Crippen LogP contribution in [0.5, 0.6) is 11.5 Å². The summed E-state index contributed by atoms with van der Waals surface area (Å²) < 4.78 is 24.1. The van der Waals surface area contributed by atoms with Gasteiger partial charge >= 0.3 is 7.12 Å². The minimum absolute atomic E-state index is 0.604. The highest BCUT2D eigenvalue weighted by Crippen LogP contribution is 2.48. The average Bonchev–Trinajstić information content (AvgIpc) is 4.06. The maximum atomic E-state index is 7.03. The molecule has 13 aromatic rings. The number of aromatic nitrogens is 2. The van der Waals surface area contributed by atoms with Crippen LogP contribution in [0.1, 0.15) is 0 Å². The van der Waals surface area contributed by atoms with Crippen LogP contribution >= 0.6 is 22.7 Å². The molecule has 2 aliphatic rings. The maximum absolute atomic E-state index is 7.03. The molecule has 0 amide bonds. The Bertz CT molecular complexity index is 3840. The molecular weight excluding hydrogens is 784 g/mol. The van der Waals surface area contributed by atoms with Crippen LogP contribution in [0.4, 0.5) is 0 Å². The molecule has 2 aliphatic heterocycles. The third-order valence-electron chi connectivity index (χ3n) is 13.2. The molecule has 7 heteroatoms. The van der Waals surface area contributed by atoms with Crippen LogP contribution in [0.3, 0.4) is 0 Å². The Morgan fingerprint density at radius 3 is 1.33 bits per heavy atom. The first-order valence-electron chi connectivity index (χ1n) is 20.7. The summed E-state index contributed by atoms with van der Waals surface area (Å²) in [7, 11) is -0.604. The zero-order chi connectivity index (χ0) is 39.5. The predicted octanol–water partition coefficient (Wildman–Crippen LogP) is 14.4. The molecule has 0 radical (unpaired) electrons. The maximum Gasteiger partial charge on any atom is 0.633 e. The first kappa shape index (κ1) is 32.5. The van der Waals surface area contributed by atoms with E-state index in [1.54, 1.807) is 0 Å². The topological polar surface area (TPSA) is 28.3 Å². The number of nitrogens with zero attached hydrogens (tertiary/aromatic N) is 2. The molecule has 0 atom stereocenters. The third-order valence-corrected chi connectivity index (χ3v) is 15.5. The number of benzene rings is 9. The van der Waals surface area contributed by atoms with Gasteiger partial charge in [0, 0.05) is 102 Å². The van der Waals surface area contributed by atoms with Gasteiger partial charge in [-0.1, -0.05) is 103 Å². The van der Waals surface area contributed by atoms with Crippen LogP contribution in [0.25, 0.3) is 118 Å². The summed E-state index contributed by atoms with van der Waals surface area (Å²) in [6.45, 7) is 0. The van der Waals surface area contributed by atoms with Crippen LogP contribution in [0, 0.1) is 0 Å². The summed E-state index contributed by atoms with van der Waals surface area (Å²) in [4.78, 5) is 0. The Balaban J connectivity index is 0.911. The highest BCUT2D eigenvalue weighted by atomic mass is 32.1.